The Kier molecular flexibility index (Phi) is 5.33. The van der Waals surface area contributed by atoms with Crippen LogP contribution in [0.3, 0.4) is 0 Å². The molecule has 120 valence electrons. The Hall–Kier alpha value is -1.40. The molecule has 3 rings (SSSR count). The van der Waals surface area contributed by atoms with Crippen LogP contribution in [0, 0.1) is 10.5 Å². The molecule has 0 radical (unpaired) electrons. The molecule has 0 spiro atoms. The number of amides is 1. The lowest BCUT2D eigenvalue weighted by Gasteiger charge is -2.35. The van der Waals surface area contributed by atoms with E-state index >= 15 is 0 Å². The average Bonchev–Trinajstić information content (AvgIpc) is 2.57. The van der Waals surface area contributed by atoms with Gasteiger partial charge >= 0.3 is 0 Å². The van der Waals surface area contributed by atoms with Crippen molar-refractivity contribution in [2.75, 3.05) is 26.2 Å². The number of nitrogens with zero attached hydrogens (tertiary/aromatic N) is 2. The van der Waals surface area contributed by atoms with E-state index in [1.54, 1.807) is 0 Å². The molecule has 0 bridgehead atoms. The van der Waals surface area contributed by atoms with Crippen molar-refractivity contribution in [3.63, 3.8) is 0 Å². The number of carbonyl (C=O) groups is 1. The molecule has 0 saturated carbocycles. The molecule has 0 aliphatic carbocycles. The molecule has 0 N–H and O–H groups in total. The number of rotatable bonds is 3. The SMILES string of the molecule is Cc1ccc(CN2CCN(C(=O)c3ccccc3I)CC2)cc1. The van der Waals surface area contributed by atoms with Gasteiger partial charge in [-0.25, -0.2) is 0 Å². The molecular weight excluding hydrogens is 399 g/mol. The summed E-state index contributed by atoms with van der Waals surface area (Å²) in [5, 5.41) is 0. The molecule has 23 heavy (non-hydrogen) atoms. The molecule has 4 heteroatoms. The fourth-order valence-corrected chi connectivity index (χ4v) is 3.48. The summed E-state index contributed by atoms with van der Waals surface area (Å²) in [5.41, 5.74) is 3.45. The minimum absolute atomic E-state index is 0.157. The highest BCUT2D eigenvalue weighted by molar-refractivity contribution is 14.1. The standard InChI is InChI=1S/C19H21IN2O/c1-15-6-8-16(9-7-15)14-21-10-12-22(13-11-21)19(23)17-4-2-3-5-18(17)20/h2-9H,10-14H2,1H3. The second kappa shape index (κ2) is 7.45. The van der Waals surface area contributed by atoms with Gasteiger partial charge in [0.05, 0.1) is 5.56 Å². The monoisotopic (exact) mass is 420 g/mol. The molecule has 3 nitrogen and oxygen atoms in total. The van der Waals surface area contributed by atoms with Gasteiger partial charge < -0.3 is 4.90 Å². The minimum atomic E-state index is 0.157. The molecule has 0 unspecified atom stereocenters. The number of halogens is 1. The predicted octanol–water partition coefficient (Wildman–Crippen LogP) is 3.56. The minimum Gasteiger partial charge on any atom is -0.336 e. The first-order valence-electron chi connectivity index (χ1n) is 7.95. The summed E-state index contributed by atoms with van der Waals surface area (Å²) in [6.45, 7) is 6.54. The number of piperazine rings is 1. The van der Waals surface area contributed by atoms with Crippen LogP contribution in [-0.2, 0) is 6.54 Å². The van der Waals surface area contributed by atoms with Crippen molar-refractivity contribution in [3.8, 4) is 0 Å². The van der Waals surface area contributed by atoms with E-state index in [9.17, 15) is 4.79 Å². The van der Waals surface area contributed by atoms with E-state index in [4.69, 9.17) is 0 Å². The van der Waals surface area contributed by atoms with Gasteiger partial charge in [-0.2, -0.15) is 0 Å². The largest absolute Gasteiger partial charge is 0.336 e. The fraction of sp³-hybridized carbons (Fsp3) is 0.316. The first-order valence-corrected chi connectivity index (χ1v) is 9.03. The van der Waals surface area contributed by atoms with Crippen LogP contribution in [0.2, 0.25) is 0 Å². The van der Waals surface area contributed by atoms with Gasteiger partial charge in [0, 0.05) is 36.3 Å². The normalized spacial score (nSPS) is 15.7. The summed E-state index contributed by atoms with van der Waals surface area (Å²) in [5.74, 6) is 0.157. The van der Waals surface area contributed by atoms with Gasteiger partial charge in [0.15, 0.2) is 0 Å². The smallest absolute Gasteiger partial charge is 0.255 e. The van der Waals surface area contributed by atoms with E-state index in [-0.39, 0.29) is 5.91 Å². The van der Waals surface area contributed by atoms with E-state index in [1.165, 1.54) is 11.1 Å². The lowest BCUT2D eigenvalue weighted by Crippen LogP contribution is -2.48. The third-order valence-corrected chi connectivity index (χ3v) is 5.23. The van der Waals surface area contributed by atoms with Crippen molar-refractivity contribution in [2.24, 2.45) is 0 Å². The second-order valence-corrected chi connectivity index (χ2v) is 7.20. The molecule has 1 fully saturated rings. The van der Waals surface area contributed by atoms with E-state index in [1.807, 2.05) is 29.2 Å². The van der Waals surface area contributed by atoms with Gasteiger partial charge in [-0.15, -0.1) is 0 Å². The summed E-state index contributed by atoms with van der Waals surface area (Å²) >= 11 is 2.24. The average molecular weight is 420 g/mol. The molecule has 1 aliphatic heterocycles. The van der Waals surface area contributed by atoms with Crippen LogP contribution >= 0.6 is 22.6 Å². The number of hydrogen-bond acceptors (Lipinski definition) is 2. The maximum atomic E-state index is 12.6. The Balaban J connectivity index is 1.57. The van der Waals surface area contributed by atoms with Gasteiger partial charge in [-0.05, 0) is 47.2 Å². The van der Waals surface area contributed by atoms with Crippen LogP contribution in [0.25, 0.3) is 0 Å². The molecule has 1 aliphatic rings. The molecule has 1 saturated heterocycles. The van der Waals surface area contributed by atoms with Crippen molar-refractivity contribution in [3.05, 3.63) is 68.8 Å². The summed E-state index contributed by atoms with van der Waals surface area (Å²) in [6.07, 6.45) is 0. The lowest BCUT2D eigenvalue weighted by molar-refractivity contribution is 0.0627. The quantitative estimate of drug-likeness (QED) is 0.710. The van der Waals surface area contributed by atoms with E-state index in [0.717, 1.165) is 41.9 Å². The second-order valence-electron chi connectivity index (χ2n) is 6.03. The number of aryl methyl sites for hydroxylation is 1. The van der Waals surface area contributed by atoms with Gasteiger partial charge in [0.25, 0.3) is 5.91 Å². The van der Waals surface area contributed by atoms with Crippen LogP contribution in [0.5, 0.6) is 0 Å². The third-order valence-electron chi connectivity index (χ3n) is 4.29. The van der Waals surface area contributed by atoms with Crippen LogP contribution in [0.4, 0.5) is 0 Å². The number of benzene rings is 2. The van der Waals surface area contributed by atoms with Crippen molar-refractivity contribution in [1.82, 2.24) is 9.80 Å². The van der Waals surface area contributed by atoms with Gasteiger partial charge in [0.1, 0.15) is 0 Å². The van der Waals surface area contributed by atoms with E-state index < -0.39 is 0 Å². The highest BCUT2D eigenvalue weighted by Crippen LogP contribution is 2.16. The van der Waals surface area contributed by atoms with Crippen LogP contribution in [0.1, 0.15) is 21.5 Å². The summed E-state index contributed by atoms with van der Waals surface area (Å²) < 4.78 is 1.03. The Labute approximate surface area is 151 Å². The maximum absolute atomic E-state index is 12.6. The zero-order valence-corrected chi connectivity index (χ0v) is 15.5. The van der Waals surface area contributed by atoms with Crippen molar-refractivity contribution >= 4 is 28.5 Å². The topological polar surface area (TPSA) is 23.6 Å². The van der Waals surface area contributed by atoms with Gasteiger partial charge in [-0.1, -0.05) is 42.0 Å². The van der Waals surface area contributed by atoms with Crippen molar-refractivity contribution in [1.29, 1.82) is 0 Å². The summed E-state index contributed by atoms with van der Waals surface area (Å²) in [7, 11) is 0. The first kappa shape index (κ1) is 16.5. The molecule has 0 atom stereocenters. The summed E-state index contributed by atoms with van der Waals surface area (Å²) in [4.78, 5) is 17.0. The Morgan fingerprint density at radius 1 is 1.00 bits per heavy atom. The Morgan fingerprint density at radius 3 is 2.30 bits per heavy atom. The molecule has 1 heterocycles. The highest BCUT2D eigenvalue weighted by Gasteiger charge is 2.23. The molecular formula is C19H21IN2O. The zero-order chi connectivity index (χ0) is 16.2. The molecule has 1 amide bonds. The van der Waals surface area contributed by atoms with Crippen molar-refractivity contribution < 1.29 is 4.79 Å². The highest BCUT2D eigenvalue weighted by atomic mass is 127. The summed E-state index contributed by atoms with van der Waals surface area (Å²) in [6, 6.07) is 16.5. The maximum Gasteiger partial charge on any atom is 0.255 e. The number of hydrogen-bond donors (Lipinski definition) is 0. The van der Waals surface area contributed by atoms with Gasteiger partial charge in [0.2, 0.25) is 0 Å². The first-order chi connectivity index (χ1) is 11.1. The van der Waals surface area contributed by atoms with Crippen LogP contribution in [0.15, 0.2) is 48.5 Å². The predicted molar refractivity (Wildman–Crippen MR) is 102 cm³/mol. The fourth-order valence-electron chi connectivity index (χ4n) is 2.87. The third kappa shape index (κ3) is 4.12. The van der Waals surface area contributed by atoms with Crippen LogP contribution in [-0.4, -0.2) is 41.9 Å². The zero-order valence-electron chi connectivity index (χ0n) is 13.3. The molecule has 2 aromatic carbocycles. The van der Waals surface area contributed by atoms with E-state index in [0.29, 0.717) is 0 Å². The van der Waals surface area contributed by atoms with Crippen LogP contribution < -0.4 is 0 Å². The number of carbonyl (C=O) groups excluding carboxylic acids is 1. The molecule has 0 aromatic heterocycles. The van der Waals surface area contributed by atoms with Gasteiger partial charge in [-0.3, -0.25) is 9.69 Å². The lowest BCUT2D eigenvalue weighted by atomic mass is 10.1. The Morgan fingerprint density at radius 2 is 1.65 bits per heavy atom. The van der Waals surface area contributed by atoms with E-state index in [2.05, 4.69) is 58.7 Å². The molecule has 2 aromatic rings. The Bertz CT molecular complexity index is 676. The van der Waals surface area contributed by atoms with Crippen molar-refractivity contribution in [2.45, 2.75) is 13.5 Å².